The minimum Gasteiger partial charge on any atom is -0.480 e. The van der Waals surface area contributed by atoms with E-state index in [2.05, 4.69) is 4.72 Å². The van der Waals surface area contributed by atoms with Crippen LogP contribution < -0.4 is 4.72 Å². The number of aryl methyl sites for hydroxylation is 1. The summed E-state index contributed by atoms with van der Waals surface area (Å²) in [5.74, 6) is -3.27. The van der Waals surface area contributed by atoms with Gasteiger partial charge in [-0.1, -0.05) is 74.5 Å². The smallest absolute Gasteiger partial charge is 0.376 e. The van der Waals surface area contributed by atoms with Crippen LogP contribution in [0.4, 0.5) is 0 Å². The lowest BCUT2D eigenvalue weighted by molar-refractivity contribution is -0.140. The number of allylic oxidation sites excluding steroid dienone is 2. The molecule has 8 nitrogen and oxygen atoms in total. The molecule has 38 heavy (non-hydrogen) atoms. The number of carbonyl (C=O) groups excluding carboxylic acids is 1. The highest BCUT2D eigenvalue weighted by Gasteiger charge is 2.54. The van der Waals surface area contributed by atoms with Crippen molar-refractivity contribution in [2.45, 2.75) is 51.5 Å². The minimum atomic E-state index is -4.64. The molecule has 200 valence electrons. The molecule has 4 rings (SSSR count). The van der Waals surface area contributed by atoms with E-state index in [-0.39, 0.29) is 22.8 Å². The van der Waals surface area contributed by atoms with Gasteiger partial charge in [-0.2, -0.15) is 4.72 Å². The third kappa shape index (κ3) is 4.68. The fraction of sp³-hybridized carbons (Fsp3) is 0.310. The molecule has 1 aromatic heterocycles. The molecular weight excluding hydrogens is 506 g/mol. The van der Waals surface area contributed by atoms with Crippen LogP contribution in [0.2, 0.25) is 0 Å². The van der Waals surface area contributed by atoms with Crippen molar-refractivity contribution in [2.24, 2.45) is 5.92 Å². The van der Waals surface area contributed by atoms with Crippen molar-refractivity contribution in [3.63, 3.8) is 0 Å². The summed E-state index contributed by atoms with van der Waals surface area (Å²) in [4.78, 5) is 23.2. The molecule has 0 saturated heterocycles. The Balaban J connectivity index is 1.85. The predicted octanol–water partition coefficient (Wildman–Crippen LogP) is 5.31. The number of nitrogens with one attached hydrogen (secondary N) is 1. The molecular formula is C29H31NO7S. The Kier molecular flexibility index (Phi) is 7.36. The van der Waals surface area contributed by atoms with E-state index in [0.717, 1.165) is 5.56 Å². The fourth-order valence-electron chi connectivity index (χ4n) is 4.89. The number of sulfonamides is 1. The van der Waals surface area contributed by atoms with Gasteiger partial charge in [-0.15, -0.1) is 0 Å². The Morgan fingerprint density at radius 1 is 0.974 bits per heavy atom. The molecule has 2 N–H and O–H groups in total. The van der Waals surface area contributed by atoms with Crippen molar-refractivity contribution in [3.05, 3.63) is 94.8 Å². The topological polar surface area (TPSA) is 123 Å². The van der Waals surface area contributed by atoms with E-state index >= 15 is 0 Å². The zero-order valence-electron chi connectivity index (χ0n) is 21.9. The van der Waals surface area contributed by atoms with Gasteiger partial charge in [0, 0.05) is 16.9 Å². The van der Waals surface area contributed by atoms with Crippen LogP contribution in [0.15, 0.2) is 82.3 Å². The molecule has 9 heteroatoms. The maximum atomic E-state index is 14.1. The Labute approximate surface area is 222 Å². The van der Waals surface area contributed by atoms with Gasteiger partial charge in [0.2, 0.25) is 5.76 Å². The first kappa shape index (κ1) is 27.3. The number of furan rings is 1. The van der Waals surface area contributed by atoms with Gasteiger partial charge in [0.1, 0.15) is 11.6 Å². The Bertz CT molecular complexity index is 1530. The van der Waals surface area contributed by atoms with Crippen LogP contribution in [-0.4, -0.2) is 36.4 Å². The first-order valence-corrected chi connectivity index (χ1v) is 13.8. The second-order valence-electron chi connectivity index (χ2n) is 9.88. The van der Waals surface area contributed by atoms with Gasteiger partial charge < -0.3 is 14.3 Å². The van der Waals surface area contributed by atoms with Crippen LogP contribution in [0.3, 0.4) is 0 Å². The Morgan fingerprint density at radius 2 is 1.55 bits per heavy atom. The van der Waals surface area contributed by atoms with Crippen molar-refractivity contribution < 1.29 is 32.3 Å². The molecule has 1 aliphatic rings. The van der Waals surface area contributed by atoms with Gasteiger partial charge in [-0.05, 0) is 49.5 Å². The van der Waals surface area contributed by atoms with Gasteiger partial charge in [-0.3, -0.25) is 4.79 Å². The number of fused-ring (bicyclic) bond motifs is 1. The molecule has 0 fully saturated rings. The lowest BCUT2D eigenvalue weighted by Crippen LogP contribution is -2.57. The number of carboxylic acid groups (broad SMARTS) is 1. The lowest BCUT2D eigenvalue weighted by atomic mass is 9.86. The number of para-hydroxylation sites is 1. The summed E-state index contributed by atoms with van der Waals surface area (Å²) >= 11 is 0. The summed E-state index contributed by atoms with van der Waals surface area (Å²) < 4.78 is 42.1. The molecule has 0 radical (unpaired) electrons. The van der Waals surface area contributed by atoms with Crippen molar-refractivity contribution in [1.82, 2.24) is 4.72 Å². The molecule has 1 atom stereocenters. The number of benzene rings is 2. The molecule has 0 saturated carbocycles. The maximum Gasteiger partial charge on any atom is 0.376 e. The highest BCUT2D eigenvalue weighted by Crippen LogP contribution is 2.43. The van der Waals surface area contributed by atoms with E-state index in [0.29, 0.717) is 16.5 Å². The van der Waals surface area contributed by atoms with Crippen molar-refractivity contribution in [2.75, 3.05) is 0 Å². The molecule has 1 aliphatic carbocycles. The number of carboxylic acids is 1. The molecule has 0 amide bonds. The fourth-order valence-corrected chi connectivity index (χ4v) is 6.93. The summed E-state index contributed by atoms with van der Waals surface area (Å²) in [6, 6.07) is 15.1. The monoisotopic (exact) mass is 537 g/mol. The normalized spacial score (nSPS) is 20.6. The van der Waals surface area contributed by atoms with E-state index in [1.807, 2.05) is 30.3 Å². The average Bonchev–Trinajstić information content (AvgIpc) is 3.21. The van der Waals surface area contributed by atoms with E-state index in [1.165, 1.54) is 0 Å². The molecule has 1 unspecified atom stereocenters. The molecule has 1 heterocycles. The molecule has 0 spiro atoms. The average molecular weight is 538 g/mol. The van der Waals surface area contributed by atoms with Crippen LogP contribution in [-0.2, 0) is 19.6 Å². The van der Waals surface area contributed by atoms with Gasteiger partial charge >= 0.3 is 11.9 Å². The molecule has 0 aliphatic heterocycles. The second-order valence-corrected chi connectivity index (χ2v) is 11.7. The van der Waals surface area contributed by atoms with Gasteiger partial charge in [0.15, 0.2) is 0 Å². The summed E-state index contributed by atoms with van der Waals surface area (Å²) in [6.07, 6.45) is 3.43. The maximum absolute atomic E-state index is 14.1. The molecule has 0 bridgehead atoms. The highest BCUT2D eigenvalue weighted by atomic mass is 32.2. The van der Waals surface area contributed by atoms with Crippen molar-refractivity contribution >= 4 is 32.9 Å². The molecule has 2 aromatic carbocycles. The first-order valence-electron chi connectivity index (χ1n) is 12.3. The van der Waals surface area contributed by atoms with Gasteiger partial charge in [-0.25, -0.2) is 13.2 Å². The van der Waals surface area contributed by atoms with Crippen LogP contribution in [0, 0.1) is 12.8 Å². The number of hydrogen-bond donors (Lipinski definition) is 2. The van der Waals surface area contributed by atoms with E-state index in [9.17, 15) is 23.1 Å². The second kappa shape index (κ2) is 10.2. The quantitative estimate of drug-likeness (QED) is 0.295. The SMILES string of the molecule is CC1=CC(c2ccccc2)C=C(C)C1(OC(=O)c1oc2ccccc2c1C)S(=O)(=O)NC(C(=O)O)C(C)C. The number of esters is 1. The largest absolute Gasteiger partial charge is 0.480 e. The number of carbonyl (C=O) groups is 2. The van der Waals surface area contributed by atoms with Crippen LogP contribution in [0.5, 0.6) is 0 Å². The lowest BCUT2D eigenvalue weighted by Gasteiger charge is -2.39. The Hall–Kier alpha value is -3.69. The van der Waals surface area contributed by atoms with Crippen LogP contribution in [0.25, 0.3) is 11.0 Å². The van der Waals surface area contributed by atoms with Crippen LogP contribution >= 0.6 is 0 Å². The van der Waals surface area contributed by atoms with E-state index in [1.54, 1.807) is 71.0 Å². The summed E-state index contributed by atoms with van der Waals surface area (Å²) in [5, 5.41) is 10.4. The predicted molar refractivity (Wildman–Crippen MR) is 144 cm³/mol. The standard InChI is InChI=1S/C29H31NO7S/c1-17(2)25(27(31)32)30-38(34,35)29(18(3)15-22(16-19(29)4)21-11-7-6-8-12-21)37-28(33)26-20(5)23-13-9-10-14-24(23)36-26/h6-17,22,25,30H,1-5H3,(H,31,32). The van der Waals surface area contributed by atoms with Crippen molar-refractivity contribution in [3.8, 4) is 0 Å². The zero-order valence-corrected chi connectivity index (χ0v) is 22.7. The minimum absolute atomic E-state index is 0.120. The van der Waals surface area contributed by atoms with Gasteiger partial charge in [0.25, 0.3) is 15.0 Å². The number of rotatable bonds is 8. The summed E-state index contributed by atoms with van der Waals surface area (Å²) in [6.45, 7) is 8.01. The highest BCUT2D eigenvalue weighted by molar-refractivity contribution is 7.91. The van der Waals surface area contributed by atoms with Gasteiger partial charge in [0.05, 0.1) is 0 Å². The Morgan fingerprint density at radius 3 is 2.11 bits per heavy atom. The number of aliphatic carboxylic acids is 1. The molecule has 3 aromatic rings. The number of ether oxygens (including phenoxy) is 1. The van der Waals surface area contributed by atoms with Crippen LogP contribution in [0.1, 0.15) is 55.3 Å². The zero-order chi connectivity index (χ0) is 27.8. The first-order chi connectivity index (χ1) is 17.9. The van der Waals surface area contributed by atoms with E-state index < -0.39 is 38.9 Å². The number of hydrogen-bond acceptors (Lipinski definition) is 6. The van der Waals surface area contributed by atoms with E-state index in [4.69, 9.17) is 9.15 Å². The third-order valence-corrected chi connectivity index (χ3v) is 8.99. The third-order valence-electron chi connectivity index (χ3n) is 6.94. The van der Waals surface area contributed by atoms with Crippen molar-refractivity contribution in [1.29, 1.82) is 0 Å². The summed E-state index contributed by atoms with van der Waals surface area (Å²) in [5.41, 5.74) is 2.36. The summed E-state index contributed by atoms with van der Waals surface area (Å²) in [7, 11) is -4.64.